The molecule has 0 radical (unpaired) electrons. The maximum atomic E-state index is 5.71. The molecule has 0 spiro atoms. The zero-order valence-corrected chi connectivity index (χ0v) is 11.6. The van der Waals surface area contributed by atoms with Gasteiger partial charge in [-0.3, -0.25) is 0 Å². The van der Waals surface area contributed by atoms with Crippen LogP contribution in [0.4, 0.5) is 0 Å². The Balaban J connectivity index is 2.26. The topological polar surface area (TPSA) is 56.7 Å². The summed E-state index contributed by atoms with van der Waals surface area (Å²) in [5.41, 5.74) is 8.22. The first kappa shape index (κ1) is 13.1. The van der Waals surface area contributed by atoms with Crippen molar-refractivity contribution in [2.75, 3.05) is 5.75 Å². The third-order valence-electron chi connectivity index (χ3n) is 2.71. The molecule has 18 heavy (non-hydrogen) atoms. The van der Waals surface area contributed by atoms with Gasteiger partial charge in [0, 0.05) is 0 Å². The number of aromatic nitrogens is 3. The average molecular weight is 262 g/mol. The quantitative estimate of drug-likeness (QED) is 0.839. The molecule has 4 nitrogen and oxygen atoms in total. The van der Waals surface area contributed by atoms with Crippen molar-refractivity contribution in [1.82, 2.24) is 14.8 Å². The molecule has 0 bridgehead atoms. The SMILES string of the molecule is CCSc1nnc(CN)n1Cc1ccc(C)cc1. The molecule has 1 aromatic heterocycles. The number of hydrogen-bond acceptors (Lipinski definition) is 4. The van der Waals surface area contributed by atoms with Crippen LogP contribution in [0.2, 0.25) is 0 Å². The Morgan fingerprint density at radius 2 is 1.94 bits per heavy atom. The van der Waals surface area contributed by atoms with Crippen LogP contribution in [0.5, 0.6) is 0 Å². The molecule has 2 N–H and O–H groups in total. The first-order valence-electron chi connectivity index (χ1n) is 6.05. The lowest BCUT2D eigenvalue weighted by atomic mass is 10.1. The summed E-state index contributed by atoms with van der Waals surface area (Å²) in [6.07, 6.45) is 0. The second kappa shape index (κ2) is 6.02. The minimum Gasteiger partial charge on any atom is -0.324 e. The van der Waals surface area contributed by atoms with Crippen molar-refractivity contribution >= 4 is 11.8 Å². The number of hydrogen-bond donors (Lipinski definition) is 1. The predicted molar refractivity (Wildman–Crippen MR) is 74.6 cm³/mol. The standard InChI is InChI=1S/C13H18N4S/c1-3-18-13-16-15-12(8-14)17(13)9-11-6-4-10(2)5-7-11/h4-7H,3,8-9,14H2,1-2H3. The van der Waals surface area contributed by atoms with Gasteiger partial charge in [0.25, 0.3) is 0 Å². The molecule has 5 heteroatoms. The molecule has 1 aromatic carbocycles. The summed E-state index contributed by atoms with van der Waals surface area (Å²) in [5.74, 6) is 1.82. The fourth-order valence-corrected chi connectivity index (χ4v) is 2.42. The van der Waals surface area contributed by atoms with Crippen LogP contribution in [0.1, 0.15) is 23.9 Å². The van der Waals surface area contributed by atoms with Crippen LogP contribution in [0.25, 0.3) is 0 Å². The minimum absolute atomic E-state index is 0.420. The van der Waals surface area contributed by atoms with Crippen molar-refractivity contribution in [3.63, 3.8) is 0 Å². The summed E-state index contributed by atoms with van der Waals surface area (Å²) in [5, 5.41) is 9.26. The van der Waals surface area contributed by atoms with E-state index in [9.17, 15) is 0 Å². The van der Waals surface area contributed by atoms with E-state index in [0.717, 1.165) is 23.3 Å². The van der Waals surface area contributed by atoms with E-state index in [1.165, 1.54) is 11.1 Å². The number of thioether (sulfide) groups is 1. The Kier molecular flexibility index (Phi) is 4.38. The van der Waals surface area contributed by atoms with Gasteiger partial charge in [0.05, 0.1) is 13.1 Å². The van der Waals surface area contributed by atoms with Gasteiger partial charge in [-0.15, -0.1) is 10.2 Å². The molecule has 2 rings (SSSR count). The molecular weight excluding hydrogens is 244 g/mol. The lowest BCUT2D eigenvalue weighted by Gasteiger charge is -2.09. The van der Waals surface area contributed by atoms with Gasteiger partial charge in [-0.2, -0.15) is 0 Å². The van der Waals surface area contributed by atoms with Gasteiger partial charge in [0.15, 0.2) is 5.16 Å². The lowest BCUT2D eigenvalue weighted by molar-refractivity contribution is 0.667. The summed E-state index contributed by atoms with van der Waals surface area (Å²) >= 11 is 1.69. The maximum absolute atomic E-state index is 5.71. The number of rotatable bonds is 5. The molecule has 0 aliphatic heterocycles. The van der Waals surface area contributed by atoms with Crippen LogP contribution in [-0.4, -0.2) is 20.5 Å². The van der Waals surface area contributed by atoms with E-state index < -0.39 is 0 Å². The van der Waals surface area contributed by atoms with Gasteiger partial charge >= 0.3 is 0 Å². The average Bonchev–Trinajstić information content (AvgIpc) is 2.75. The van der Waals surface area contributed by atoms with E-state index in [4.69, 9.17) is 5.73 Å². The molecular formula is C13H18N4S. The number of nitrogens with zero attached hydrogens (tertiary/aromatic N) is 3. The number of nitrogens with two attached hydrogens (primary N) is 1. The lowest BCUT2D eigenvalue weighted by Crippen LogP contribution is -2.10. The van der Waals surface area contributed by atoms with Crippen LogP contribution in [-0.2, 0) is 13.1 Å². The van der Waals surface area contributed by atoms with Gasteiger partial charge in [-0.1, -0.05) is 48.5 Å². The fourth-order valence-electron chi connectivity index (χ4n) is 1.74. The third kappa shape index (κ3) is 2.91. The second-order valence-electron chi connectivity index (χ2n) is 4.11. The molecule has 0 unspecified atom stereocenters. The summed E-state index contributed by atoms with van der Waals surface area (Å²) < 4.78 is 2.10. The fraction of sp³-hybridized carbons (Fsp3) is 0.385. The van der Waals surface area contributed by atoms with E-state index in [1.807, 2.05) is 0 Å². The van der Waals surface area contributed by atoms with Gasteiger partial charge in [0.1, 0.15) is 5.82 Å². The Bertz CT molecular complexity index is 504. The van der Waals surface area contributed by atoms with Crippen LogP contribution < -0.4 is 5.73 Å². The normalized spacial score (nSPS) is 10.8. The molecule has 0 atom stereocenters. The third-order valence-corrected chi connectivity index (χ3v) is 3.56. The second-order valence-corrected chi connectivity index (χ2v) is 5.34. The maximum Gasteiger partial charge on any atom is 0.191 e. The molecule has 1 heterocycles. The van der Waals surface area contributed by atoms with Gasteiger partial charge in [0.2, 0.25) is 0 Å². The summed E-state index contributed by atoms with van der Waals surface area (Å²) in [7, 11) is 0. The first-order valence-corrected chi connectivity index (χ1v) is 7.03. The molecule has 0 amide bonds. The molecule has 2 aromatic rings. The van der Waals surface area contributed by atoms with Crippen LogP contribution >= 0.6 is 11.8 Å². The van der Waals surface area contributed by atoms with Crippen LogP contribution in [0.3, 0.4) is 0 Å². The van der Waals surface area contributed by atoms with E-state index in [-0.39, 0.29) is 0 Å². The Hall–Kier alpha value is -1.33. The number of aryl methyl sites for hydroxylation is 1. The predicted octanol–water partition coefficient (Wildman–Crippen LogP) is 2.21. The number of benzene rings is 1. The smallest absolute Gasteiger partial charge is 0.191 e. The monoisotopic (exact) mass is 262 g/mol. The Labute approximate surface area is 112 Å². The largest absolute Gasteiger partial charge is 0.324 e. The van der Waals surface area contributed by atoms with Crippen molar-refractivity contribution < 1.29 is 0 Å². The molecule has 0 fully saturated rings. The van der Waals surface area contributed by atoms with E-state index in [1.54, 1.807) is 11.8 Å². The van der Waals surface area contributed by atoms with Crippen molar-refractivity contribution in [3.05, 3.63) is 41.2 Å². The molecule has 0 aliphatic carbocycles. The highest BCUT2D eigenvalue weighted by atomic mass is 32.2. The van der Waals surface area contributed by atoms with Crippen LogP contribution in [0.15, 0.2) is 29.4 Å². The molecule has 0 saturated carbocycles. The van der Waals surface area contributed by atoms with Crippen molar-refractivity contribution in [2.24, 2.45) is 5.73 Å². The highest BCUT2D eigenvalue weighted by Crippen LogP contribution is 2.18. The van der Waals surface area contributed by atoms with Crippen LogP contribution in [0, 0.1) is 6.92 Å². The molecule has 96 valence electrons. The molecule has 0 saturated heterocycles. The van der Waals surface area contributed by atoms with Gasteiger partial charge in [-0.05, 0) is 18.2 Å². The highest BCUT2D eigenvalue weighted by molar-refractivity contribution is 7.99. The summed E-state index contributed by atoms with van der Waals surface area (Å²) in [6, 6.07) is 8.51. The Morgan fingerprint density at radius 1 is 1.22 bits per heavy atom. The zero-order valence-electron chi connectivity index (χ0n) is 10.8. The molecule has 0 aliphatic rings. The van der Waals surface area contributed by atoms with Crippen molar-refractivity contribution in [3.8, 4) is 0 Å². The van der Waals surface area contributed by atoms with E-state index in [2.05, 4.69) is 52.9 Å². The van der Waals surface area contributed by atoms with Gasteiger partial charge < -0.3 is 10.3 Å². The zero-order chi connectivity index (χ0) is 13.0. The van der Waals surface area contributed by atoms with Crippen molar-refractivity contribution in [2.45, 2.75) is 32.1 Å². The van der Waals surface area contributed by atoms with Crippen molar-refractivity contribution in [1.29, 1.82) is 0 Å². The van der Waals surface area contributed by atoms with E-state index >= 15 is 0 Å². The van der Waals surface area contributed by atoms with Gasteiger partial charge in [-0.25, -0.2) is 0 Å². The Morgan fingerprint density at radius 3 is 2.56 bits per heavy atom. The summed E-state index contributed by atoms with van der Waals surface area (Å²) in [6.45, 7) is 5.40. The first-order chi connectivity index (χ1) is 8.74. The van der Waals surface area contributed by atoms with E-state index in [0.29, 0.717) is 6.54 Å². The highest BCUT2D eigenvalue weighted by Gasteiger charge is 2.10. The summed E-state index contributed by atoms with van der Waals surface area (Å²) in [4.78, 5) is 0. The minimum atomic E-state index is 0.420.